The fraction of sp³-hybridized carbons (Fsp3) is 0.870. The Morgan fingerprint density at radius 1 is 0.592 bits per heavy atom. The minimum absolute atomic E-state index is 0.130. The van der Waals surface area contributed by atoms with E-state index in [1.165, 1.54) is 58.8 Å². The van der Waals surface area contributed by atoms with Crippen LogP contribution in [0.3, 0.4) is 0 Å². The molecule has 6 N–H and O–H groups in total. The summed E-state index contributed by atoms with van der Waals surface area (Å²) in [5.41, 5.74) is 2.57. The number of amides is 3. The molecule has 0 saturated heterocycles. The Bertz CT molecular complexity index is 1750. The molecule has 0 heterocycles. The molecule has 0 spiro atoms. The molecule has 0 saturated carbocycles. The van der Waals surface area contributed by atoms with E-state index in [1.807, 2.05) is 6.92 Å². The first-order valence-corrected chi connectivity index (χ1v) is 29.4. The highest BCUT2D eigenvalue weighted by Crippen LogP contribution is 2.31. The van der Waals surface area contributed by atoms with Gasteiger partial charge in [-0.25, -0.2) is 0 Å². The summed E-state index contributed by atoms with van der Waals surface area (Å²) in [4.78, 5) is 92.5. The lowest BCUT2D eigenvalue weighted by atomic mass is 9.79. The monoisotopic (exact) mass is 1110 g/mol. The van der Waals surface area contributed by atoms with Gasteiger partial charge in [0.1, 0.15) is 5.54 Å². The summed E-state index contributed by atoms with van der Waals surface area (Å²) in [7, 11) is -0.347. The zero-order valence-electron chi connectivity index (χ0n) is 48.1. The molecule has 0 fully saturated rings. The van der Waals surface area contributed by atoms with Gasteiger partial charge in [-0.05, 0) is 79.6 Å². The number of nitrogens with zero attached hydrogens (tertiary/aromatic N) is 1. The molecule has 76 heavy (non-hydrogen) atoms. The number of hydrogen-bond acceptors (Lipinski definition) is 15. The highest BCUT2D eigenvalue weighted by atomic mass is 32.2. The summed E-state index contributed by atoms with van der Waals surface area (Å²) in [6.45, 7) is 13.9. The number of carbonyl (C=O) groups excluding carboxylic acids is 6. The van der Waals surface area contributed by atoms with Gasteiger partial charge in [0.25, 0.3) is 10.1 Å². The van der Waals surface area contributed by atoms with E-state index in [9.17, 15) is 46.8 Å². The predicted octanol–water partition coefficient (Wildman–Crippen LogP) is 6.17. The smallest absolute Gasteiger partial charge is 0.308 e. The first-order chi connectivity index (χ1) is 35.7. The van der Waals surface area contributed by atoms with E-state index in [2.05, 4.69) is 31.7 Å². The average Bonchev–Trinajstić information content (AvgIpc) is 3.30. The van der Waals surface area contributed by atoms with Crippen LogP contribution in [0.15, 0.2) is 0 Å². The van der Waals surface area contributed by atoms with Crippen LogP contribution in [-0.4, -0.2) is 168 Å². The van der Waals surface area contributed by atoms with Gasteiger partial charge in [0.05, 0.1) is 123 Å². The molecule has 0 aliphatic heterocycles. The number of carboxylic acid groups (broad SMARTS) is 1. The van der Waals surface area contributed by atoms with Crippen LogP contribution in [0.5, 0.6) is 0 Å². The maximum atomic E-state index is 15.3. The number of hydrogen-bond donors (Lipinski definition) is 5. The molecule has 0 aromatic carbocycles. The van der Waals surface area contributed by atoms with Crippen LogP contribution in [-0.2, 0) is 72.1 Å². The van der Waals surface area contributed by atoms with Crippen LogP contribution in [0.1, 0.15) is 171 Å². The Morgan fingerprint density at radius 2 is 0.987 bits per heavy atom. The Kier molecular flexibility index (Phi) is 37.4. The molecule has 5 unspecified atom stereocenters. The average molecular weight is 1110 g/mol. The molecule has 444 valence electrons. The number of nitrogens with two attached hydrogens (primary N) is 1. The lowest BCUT2D eigenvalue weighted by molar-refractivity contribution is -0.893. The Labute approximate surface area is 455 Å². The molecule has 3 amide bonds. The van der Waals surface area contributed by atoms with Gasteiger partial charge in [-0.3, -0.25) is 38.1 Å². The third-order valence-electron chi connectivity index (χ3n) is 13.1. The lowest BCUT2D eigenvalue weighted by Gasteiger charge is -2.37. The van der Waals surface area contributed by atoms with Crippen molar-refractivity contribution in [3.8, 4) is 0 Å². The molecule has 22 heteroatoms. The number of quaternary nitrogens is 1. The molecular formula is C54H101N4O17S+. The summed E-state index contributed by atoms with van der Waals surface area (Å²) >= 11 is 0. The number of ether oxygens (including phenoxy) is 6. The third-order valence-corrected chi connectivity index (χ3v) is 14.2. The molecule has 0 bridgehead atoms. The van der Waals surface area contributed by atoms with E-state index in [1.54, 1.807) is 27.7 Å². The van der Waals surface area contributed by atoms with Crippen molar-refractivity contribution in [2.45, 2.75) is 182 Å². The van der Waals surface area contributed by atoms with Gasteiger partial charge in [0.15, 0.2) is 0 Å². The molecule has 0 radical (unpaired) electrons. The quantitative estimate of drug-likeness (QED) is 0.0150. The van der Waals surface area contributed by atoms with E-state index >= 15 is 4.79 Å². The van der Waals surface area contributed by atoms with Crippen molar-refractivity contribution in [3.63, 3.8) is 0 Å². The van der Waals surface area contributed by atoms with Gasteiger partial charge in [0, 0.05) is 23.7 Å². The molecular weight excluding hydrogens is 1010 g/mol. The normalized spacial score (nSPS) is 14.2. The third kappa shape index (κ3) is 35.5. The second kappa shape index (κ2) is 39.4. The van der Waals surface area contributed by atoms with Crippen LogP contribution in [0.2, 0.25) is 0 Å². The number of aliphatic carboxylic acids is 1. The van der Waals surface area contributed by atoms with Gasteiger partial charge in [-0.2, -0.15) is 8.42 Å². The van der Waals surface area contributed by atoms with Gasteiger partial charge < -0.3 is 54.4 Å². The van der Waals surface area contributed by atoms with Crippen molar-refractivity contribution in [2.75, 3.05) is 92.4 Å². The highest BCUT2D eigenvalue weighted by Gasteiger charge is 2.41. The van der Waals surface area contributed by atoms with Crippen molar-refractivity contribution in [1.82, 2.24) is 10.6 Å². The van der Waals surface area contributed by atoms with Gasteiger partial charge in [-0.15, -0.1) is 0 Å². The van der Waals surface area contributed by atoms with E-state index in [-0.39, 0.29) is 117 Å². The fourth-order valence-electron chi connectivity index (χ4n) is 9.45. The maximum Gasteiger partial charge on any atom is 0.308 e. The van der Waals surface area contributed by atoms with Crippen molar-refractivity contribution in [1.29, 1.82) is 0 Å². The van der Waals surface area contributed by atoms with E-state index in [0.717, 1.165) is 25.8 Å². The number of carboxylic acids is 1. The van der Waals surface area contributed by atoms with Crippen LogP contribution in [0.25, 0.3) is 0 Å². The summed E-state index contributed by atoms with van der Waals surface area (Å²) in [6.07, 6.45) is 11.0. The number of unbranched alkanes of at least 4 members (excludes halogenated alkanes) is 9. The first kappa shape index (κ1) is 72.0. The van der Waals surface area contributed by atoms with Crippen LogP contribution < -0.4 is 16.4 Å². The summed E-state index contributed by atoms with van der Waals surface area (Å²) in [5, 5.41) is 16.4. The standard InChI is InChI=1S/C54H100N4O17S/c1-11-16-17-18-19-20-21-22-23-24-28-58(9,10)36-41(6)32-43(50(63)56-53(7,8)40-76(67,68)69)34-44(35-45(52(65)66)33-42(12-2)49(55)62)51(64)57-54(37-70-29-25-46(59)73-13-3,38-71-30-26-47(60)74-14-4)39-72-31-27-48(61)75-15-5/h41-45H,11-40H2,1-10H3,(H5-,55,56,57,62,63,64,65,66,67,68,69)/p+1. The van der Waals surface area contributed by atoms with E-state index in [0.29, 0.717) is 11.0 Å². The number of esters is 3. The topological polar surface area (TPSA) is 300 Å². The molecule has 0 rings (SSSR count). The predicted molar refractivity (Wildman–Crippen MR) is 288 cm³/mol. The zero-order valence-corrected chi connectivity index (χ0v) is 48.9. The first-order valence-electron chi connectivity index (χ1n) is 27.8. The summed E-state index contributed by atoms with van der Waals surface area (Å²) < 4.78 is 67.8. The molecule has 0 aromatic heterocycles. The summed E-state index contributed by atoms with van der Waals surface area (Å²) in [5.74, 6) is -10.6. The van der Waals surface area contributed by atoms with Gasteiger partial charge >= 0.3 is 23.9 Å². The lowest BCUT2D eigenvalue weighted by Crippen LogP contribution is -2.60. The molecule has 5 atom stereocenters. The largest absolute Gasteiger partial charge is 0.481 e. The fourth-order valence-corrected chi connectivity index (χ4v) is 10.4. The molecule has 0 aliphatic rings. The van der Waals surface area contributed by atoms with Crippen molar-refractivity contribution < 1.29 is 84.5 Å². The highest BCUT2D eigenvalue weighted by molar-refractivity contribution is 7.85. The van der Waals surface area contributed by atoms with Crippen molar-refractivity contribution in [3.05, 3.63) is 0 Å². The van der Waals surface area contributed by atoms with Crippen LogP contribution in [0, 0.1) is 29.6 Å². The summed E-state index contributed by atoms with van der Waals surface area (Å²) in [6, 6.07) is 0. The number of rotatable bonds is 48. The molecule has 21 nitrogen and oxygen atoms in total. The number of primary amides is 1. The van der Waals surface area contributed by atoms with Crippen LogP contribution in [0.4, 0.5) is 0 Å². The molecule has 0 aromatic rings. The Hall–Kier alpha value is -3.96. The van der Waals surface area contributed by atoms with Gasteiger partial charge in [0.2, 0.25) is 17.7 Å². The second-order valence-corrected chi connectivity index (χ2v) is 23.2. The Balaban J connectivity index is 7.47. The Morgan fingerprint density at radius 3 is 1.38 bits per heavy atom. The minimum atomic E-state index is -4.57. The second-order valence-electron chi connectivity index (χ2n) is 21.7. The van der Waals surface area contributed by atoms with Crippen molar-refractivity contribution in [2.24, 2.45) is 35.3 Å². The SMILES string of the molecule is CCCCCCCCCCCC[N+](C)(C)CC(C)CC(CC(CC(CC(CC)C(N)=O)C(=O)O)C(=O)NC(COCCC(=O)OCC)(COCCC(=O)OCC)COCCC(=O)OCC)C(=O)NC(C)(C)CS(=O)(=O)O. The van der Waals surface area contributed by atoms with Gasteiger partial charge in [-0.1, -0.05) is 72.1 Å². The minimum Gasteiger partial charge on any atom is -0.481 e. The van der Waals surface area contributed by atoms with E-state index < -0.39 is 92.2 Å². The van der Waals surface area contributed by atoms with E-state index in [4.69, 9.17) is 34.2 Å². The maximum absolute atomic E-state index is 15.3. The number of nitrogens with one attached hydrogen (secondary N) is 2. The number of carbonyl (C=O) groups is 7. The zero-order chi connectivity index (χ0) is 57.8. The van der Waals surface area contributed by atoms with Crippen LogP contribution >= 0.6 is 0 Å². The van der Waals surface area contributed by atoms with Crippen molar-refractivity contribution >= 4 is 51.7 Å². The molecule has 0 aliphatic carbocycles.